The quantitative estimate of drug-likeness (QED) is 0.742. The highest BCUT2D eigenvalue weighted by atomic mass is 15.3. The van der Waals surface area contributed by atoms with E-state index in [1.165, 1.54) is 0 Å². The zero-order chi connectivity index (χ0) is 11.5. The lowest BCUT2D eigenvalue weighted by atomic mass is 9.97. The highest BCUT2D eigenvalue weighted by Crippen LogP contribution is 2.19. The SMILES string of the molecule is CC1CC(N)CN(c2nccc(C#N)n2)C1. The van der Waals surface area contributed by atoms with Crippen LogP contribution in [0.4, 0.5) is 5.95 Å². The second-order valence-electron chi connectivity index (χ2n) is 4.36. The summed E-state index contributed by atoms with van der Waals surface area (Å²) in [5.41, 5.74) is 6.36. The van der Waals surface area contributed by atoms with E-state index in [0.29, 0.717) is 17.6 Å². The number of aromatic nitrogens is 2. The van der Waals surface area contributed by atoms with E-state index in [1.807, 2.05) is 6.07 Å². The summed E-state index contributed by atoms with van der Waals surface area (Å²) in [6.07, 6.45) is 2.65. The minimum atomic E-state index is 0.165. The summed E-state index contributed by atoms with van der Waals surface area (Å²) in [5, 5.41) is 8.78. The van der Waals surface area contributed by atoms with Gasteiger partial charge in [-0.05, 0) is 18.4 Å². The molecule has 2 unspecified atom stereocenters. The fourth-order valence-electron chi connectivity index (χ4n) is 2.13. The number of anilines is 1. The molecule has 2 rings (SSSR count). The van der Waals surface area contributed by atoms with Crippen molar-refractivity contribution in [3.63, 3.8) is 0 Å². The number of piperidine rings is 1. The van der Waals surface area contributed by atoms with E-state index < -0.39 is 0 Å². The molecule has 0 aromatic carbocycles. The van der Waals surface area contributed by atoms with Crippen LogP contribution in [0.15, 0.2) is 12.3 Å². The Kier molecular flexibility index (Phi) is 3.02. The number of nitrogens with zero attached hydrogens (tertiary/aromatic N) is 4. The summed E-state index contributed by atoms with van der Waals surface area (Å²) in [5.74, 6) is 1.15. The topological polar surface area (TPSA) is 78.8 Å². The molecule has 0 spiro atoms. The molecule has 2 heterocycles. The van der Waals surface area contributed by atoms with Gasteiger partial charge in [0.2, 0.25) is 5.95 Å². The van der Waals surface area contributed by atoms with Crippen molar-refractivity contribution in [1.29, 1.82) is 5.26 Å². The van der Waals surface area contributed by atoms with Crippen LogP contribution in [0.5, 0.6) is 0 Å². The third-order valence-electron chi connectivity index (χ3n) is 2.73. The van der Waals surface area contributed by atoms with E-state index in [0.717, 1.165) is 19.5 Å². The molecule has 1 fully saturated rings. The Hall–Kier alpha value is -1.67. The highest BCUT2D eigenvalue weighted by molar-refractivity contribution is 5.34. The zero-order valence-corrected chi connectivity index (χ0v) is 9.30. The molecule has 0 bridgehead atoms. The molecule has 1 aliphatic heterocycles. The summed E-state index contributed by atoms with van der Waals surface area (Å²) in [7, 11) is 0. The molecule has 0 amide bonds. The fourth-order valence-corrected chi connectivity index (χ4v) is 2.13. The summed E-state index contributed by atoms with van der Waals surface area (Å²) in [6.45, 7) is 3.84. The van der Waals surface area contributed by atoms with Crippen LogP contribution in [-0.4, -0.2) is 29.1 Å². The molecule has 1 aromatic rings. The lowest BCUT2D eigenvalue weighted by molar-refractivity contribution is 0.397. The Balaban J connectivity index is 2.20. The molecule has 2 N–H and O–H groups in total. The lowest BCUT2D eigenvalue weighted by Gasteiger charge is -2.34. The average molecular weight is 217 g/mol. The molecule has 1 aliphatic rings. The molecule has 5 heteroatoms. The largest absolute Gasteiger partial charge is 0.339 e. The maximum Gasteiger partial charge on any atom is 0.226 e. The number of nitrogens with two attached hydrogens (primary N) is 1. The van der Waals surface area contributed by atoms with Gasteiger partial charge < -0.3 is 10.6 Å². The van der Waals surface area contributed by atoms with E-state index in [4.69, 9.17) is 11.0 Å². The second kappa shape index (κ2) is 4.45. The van der Waals surface area contributed by atoms with Crippen molar-refractivity contribution in [3.05, 3.63) is 18.0 Å². The van der Waals surface area contributed by atoms with Crippen molar-refractivity contribution >= 4 is 5.95 Å². The van der Waals surface area contributed by atoms with Gasteiger partial charge in [-0.15, -0.1) is 0 Å². The van der Waals surface area contributed by atoms with Crippen LogP contribution in [-0.2, 0) is 0 Å². The van der Waals surface area contributed by atoms with Crippen LogP contribution in [0.1, 0.15) is 19.0 Å². The summed E-state index contributed by atoms with van der Waals surface area (Å²) in [6, 6.07) is 3.79. The highest BCUT2D eigenvalue weighted by Gasteiger charge is 2.23. The predicted molar refractivity (Wildman–Crippen MR) is 60.7 cm³/mol. The van der Waals surface area contributed by atoms with Gasteiger partial charge in [0.1, 0.15) is 11.8 Å². The fraction of sp³-hybridized carbons (Fsp3) is 0.545. The van der Waals surface area contributed by atoms with Crippen LogP contribution in [0.25, 0.3) is 0 Å². The predicted octanol–water partition coefficient (Wildman–Crippen LogP) is 0.522. The van der Waals surface area contributed by atoms with Crippen molar-refractivity contribution in [2.24, 2.45) is 11.7 Å². The third-order valence-corrected chi connectivity index (χ3v) is 2.73. The van der Waals surface area contributed by atoms with E-state index in [2.05, 4.69) is 21.8 Å². The minimum Gasteiger partial charge on any atom is -0.339 e. The van der Waals surface area contributed by atoms with Crippen LogP contribution < -0.4 is 10.6 Å². The van der Waals surface area contributed by atoms with Gasteiger partial charge in [-0.2, -0.15) is 5.26 Å². The Bertz CT molecular complexity index is 401. The molecule has 5 nitrogen and oxygen atoms in total. The smallest absolute Gasteiger partial charge is 0.226 e. The number of hydrogen-bond donors (Lipinski definition) is 1. The summed E-state index contributed by atoms with van der Waals surface area (Å²) < 4.78 is 0. The van der Waals surface area contributed by atoms with Gasteiger partial charge in [-0.25, -0.2) is 9.97 Å². The minimum absolute atomic E-state index is 0.165. The van der Waals surface area contributed by atoms with Crippen molar-refractivity contribution in [2.75, 3.05) is 18.0 Å². The molecule has 0 aliphatic carbocycles. The molecule has 1 aromatic heterocycles. The summed E-state index contributed by atoms with van der Waals surface area (Å²) in [4.78, 5) is 10.4. The monoisotopic (exact) mass is 217 g/mol. The van der Waals surface area contributed by atoms with Gasteiger partial charge in [0, 0.05) is 25.3 Å². The number of rotatable bonds is 1. The van der Waals surface area contributed by atoms with Gasteiger partial charge in [0.05, 0.1) is 0 Å². The van der Waals surface area contributed by atoms with Gasteiger partial charge in [-0.3, -0.25) is 0 Å². The average Bonchev–Trinajstić information content (AvgIpc) is 2.28. The Morgan fingerprint density at radius 1 is 1.56 bits per heavy atom. The molecule has 0 radical (unpaired) electrons. The van der Waals surface area contributed by atoms with E-state index in [-0.39, 0.29) is 6.04 Å². The summed E-state index contributed by atoms with van der Waals surface area (Å²) >= 11 is 0. The molecular weight excluding hydrogens is 202 g/mol. The lowest BCUT2D eigenvalue weighted by Crippen LogP contribution is -2.47. The Labute approximate surface area is 94.9 Å². The zero-order valence-electron chi connectivity index (χ0n) is 9.30. The van der Waals surface area contributed by atoms with Crippen LogP contribution in [0.3, 0.4) is 0 Å². The maximum atomic E-state index is 8.78. The number of hydrogen-bond acceptors (Lipinski definition) is 5. The van der Waals surface area contributed by atoms with E-state index >= 15 is 0 Å². The first-order chi connectivity index (χ1) is 7.69. The molecule has 16 heavy (non-hydrogen) atoms. The van der Waals surface area contributed by atoms with Crippen LogP contribution >= 0.6 is 0 Å². The third kappa shape index (κ3) is 2.28. The van der Waals surface area contributed by atoms with Gasteiger partial charge in [0.15, 0.2) is 0 Å². The van der Waals surface area contributed by atoms with Crippen molar-refractivity contribution in [3.8, 4) is 6.07 Å². The van der Waals surface area contributed by atoms with Crippen molar-refractivity contribution in [1.82, 2.24) is 9.97 Å². The standard InChI is InChI=1S/C11H15N5/c1-8-4-9(13)7-16(6-8)11-14-3-2-10(5-12)15-11/h2-3,8-9H,4,6-7,13H2,1H3. The molecule has 2 atom stereocenters. The normalized spacial score (nSPS) is 25.2. The van der Waals surface area contributed by atoms with Gasteiger partial charge >= 0.3 is 0 Å². The number of nitriles is 1. The molecule has 1 saturated heterocycles. The maximum absolute atomic E-state index is 8.78. The molecular formula is C11H15N5. The van der Waals surface area contributed by atoms with Crippen LogP contribution in [0, 0.1) is 17.2 Å². The van der Waals surface area contributed by atoms with E-state index in [9.17, 15) is 0 Å². The first-order valence-corrected chi connectivity index (χ1v) is 5.42. The Morgan fingerprint density at radius 2 is 2.38 bits per heavy atom. The first-order valence-electron chi connectivity index (χ1n) is 5.42. The van der Waals surface area contributed by atoms with Gasteiger partial charge in [0.25, 0.3) is 0 Å². The van der Waals surface area contributed by atoms with Gasteiger partial charge in [-0.1, -0.05) is 6.92 Å². The molecule has 0 saturated carbocycles. The van der Waals surface area contributed by atoms with Crippen molar-refractivity contribution in [2.45, 2.75) is 19.4 Å². The van der Waals surface area contributed by atoms with Crippen molar-refractivity contribution < 1.29 is 0 Å². The van der Waals surface area contributed by atoms with E-state index in [1.54, 1.807) is 12.3 Å². The first kappa shape index (κ1) is 10.8. The van der Waals surface area contributed by atoms with Crippen LogP contribution in [0.2, 0.25) is 0 Å². The second-order valence-corrected chi connectivity index (χ2v) is 4.36. The molecule has 84 valence electrons. The Morgan fingerprint density at radius 3 is 3.06 bits per heavy atom.